The minimum atomic E-state index is -0.383. The topological polar surface area (TPSA) is 41.1 Å². The van der Waals surface area contributed by atoms with E-state index in [1.807, 2.05) is 12.1 Å². The number of urea groups is 1. The number of rotatable bonds is 3. The zero-order valence-corrected chi connectivity index (χ0v) is 13.0. The first kappa shape index (κ1) is 15.7. The van der Waals surface area contributed by atoms with Crippen LogP contribution in [0, 0.1) is 0 Å². The maximum Gasteiger partial charge on any atom is 0.323 e. The third-order valence-corrected chi connectivity index (χ3v) is 3.49. The molecule has 0 aliphatic carbocycles. The minimum absolute atomic E-state index is 0.379. The summed E-state index contributed by atoms with van der Waals surface area (Å²) < 4.78 is 0. The van der Waals surface area contributed by atoms with Gasteiger partial charge in [0.15, 0.2) is 0 Å². The average Bonchev–Trinajstić information content (AvgIpc) is 2.43. The van der Waals surface area contributed by atoms with Crippen LogP contribution in [0.3, 0.4) is 0 Å². The molecule has 0 saturated heterocycles. The summed E-state index contributed by atoms with van der Waals surface area (Å²) in [5.74, 6) is 0. The van der Waals surface area contributed by atoms with Crippen molar-refractivity contribution in [2.24, 2.45) is 0 Å². The predicted octanol–water partition coefficient (Wildman–Crippen LogP) is 5.44. The van der Waals surface area contributed by atoms with Gasteiger partial charge in [0.05, 0.1) is 10.0 Å². The van der Waals surface area contributed by atoms with Gasteiger partial charge in [-0.2, -0.15) is 0 Å². The lowest BCUT2D eigenvalue weighted by atomic mass is 10.2. The molecule has 21 heavy (non-hydrogen) atoms. The van der Waals surface area contributed by atoms with E-state index in [4.69, 9.17) is 34.8 Å². The summed E-state index contributed by atoms with van der Waals surface area (Å²) in [6.07, 6.45) is 3.26. The number of carbonyl (C=O) groups is 1. The number of benzene rings is 2. The Labute approximate surface area is 137 Å². The molecule has 2 aromatic carbocycles. The highest BCUT2D eigenvalue weighted by atomic mass is 35.5. The van der Waals surface area contributed by atoms with Crippen molar-refractivity contribution in [1.29, 1.82) is 0 Å². The first-order chi connectivity index (χ1) is 10.0. The Morgan fingerprint density at radius 3 is 2.52 bits per heavy atom. The SMILES string of the molecule is O=C(N/C=C/c1cccc(Cl)c1)Nc1ccc(Cl)c(Cl)c1. The summed E-state index contributed by atoms with van der Waals surface area (Å²) in [5, 5.41) is 6.67. The van der Waals surface area contributed by atoms with E-state index in [1.165, 1.54) is 6.20 Å². The average molecular weight is 342 g/mol. The van der Waals surface area contributed by atoms with Crippen molar-refractivity contribution in [3.05, 3.63) is 69.3 Å². The fraction of sp³-hybridized carbons (Fsp3) is 0. The summed E-state index contributed by atoms with van der Waals surface area (Å²) in [5.41, 5.74) is 1.44. The van der Waals surface area contributed by atoms with Crippen LogP contribution in [0.5, 0.6) is 0 Å². The van der Waals surface area contributed by atoms with Crippen LogP contribution in [0.2, 0.25) is 15.1 Å². The largest absolute Gasteiger partial charge is 0.323 e. The van der Waals surface area contributed by atoms with Crippen LogP contribution in [0.4, 0.5) is 10.5 Å². The zero-order valence-electron chi connectivity index (χ0n) is 10.7. The molecule has 0 bridgehead atoms. The summed E-state index contributed by atoms with van der Waals surface area (Å²) >= 11 is 17.5. The number of halogens is 3. The second-order valence-electron chi connectivity index (χ2n) is 4.12. The maximum absolute atomic E-state index is 11.7. The molecule has 0 radical (unpaired) electrons. The molecule has 6 heteroatoms. The summed E-state index contributed by atoms with van der Waals surface area (Å²) in [6, 6.07) is 11.7. The molecular formula is C15H11Cl3N2O. The van der Waals surface area contributed by atoms with Crippen LogP contribution in [0.15, 0.2) is 48.7 Å². The fourth-order valence-electron chi connectivity index (χ4n) is 1.56. The molecule has 2 aromatic rings. The Morgan fingerprint density at radius 2 is 1.81 bits per heavy atom. The molecule has 0 aromatic heterocycles. The second-order valence-corrected chi connectivity index (χ2v) is 5.37. The molecule has 2 N–H and O–H groups in total. The van der Waals surface area contributed by atoms with Crippen molar-refractivity contribution < 1.29 is 4.79 Å². The smallest absolute Gasteiger partial charge is 0.314 e. The van der Waals surface area contributed by atoms with Gasteiger partial charge in [0, 0.05) is 16.9 Å². The van der Waals surface area contributed by atoms with E-state index in [9.17, 15) is 4.79 Å². The van der Waals surface area contributed by atoms with Crippen LogP contribution in [-0.4, -0.2) is 6.03 Å². The van der Waals surface area contributed by atoms with Crippen LogP contribution in [0.1, 0.15) is 5.56 Å². The van der Waals surface area contributed by atoms with Crippen LogP contribution >= 0.6 is 34.8 Å². The van der Waals surface area contributed by atoms with Crippen molar-refractivity contribution in [3.8, 4) is 0 Å². The van der Waals surface area contributed by atoms with Crippen molar-refractivity contribution in [3.63, 3.8) is 0 Å². The first-order valence-electron chi connectivity index (χ1n) is 5.99. The molecule has 2 amide bonds. The predicted molar refractivity (Wildman–Crippen MR) is 89.1 cm³/mol. The van der Waals surface area contributed by atoms with E-state index in [0.29, 0.717) is 20.8 Å². The van der Waals surface area contributed by atoms with Gasteiger partial charge in [0.25, 0.3) is 0 Å². The molecule has 108 valence electrons. The van der Waals surface area contributed by atoms with Gasteiger partial charge in [0.2, 0.25) is 0 Å². The second kappa shape index (κ2) is 7.36. The molecule has 0 spiro atoms. The molecule has 0 atom stereocenters. The van der Waals surface area contributed by atoms with E-state index in [1.54, 1.807) is 36.4 Å². The number of anilines is 1. The van der Waals surface area contributed by atoms with Gasteiger partial charge in [-0.3, -0.25) is 0 Å². The van der Waals surface area contributed by atoms with E-state index in [0.717, 1.165) is 5.56 Å². The van der Waals surface area contributed by atoms with Crippen LogP contribution < -0.4 is 10.6 Å². The molecule has 0 aliphatic heterocycles. The summed E-state index contributed by atoms with van der Waals surface area (Å²) in [4.78, 5) is 11.7. The van der Waals surface area contributed by atoms with Crippen LogP contribution in [-0.2, 0) is 0 Å². The minimum Gasteiger partial charge on any atom is -0.314 e. The fourth-order valence-corrected chi connectivity index (χ4v) is 2.06. The van der Waals surface area contributed by atoms with Gasteiger partial charge in [-0.15, -0.1) is 0 Å². The maximum atomic E-state index is 11.7. The molecule has 3 nitrogen and oxygen atoms in total. The lowest BCUT2D eigenvalue weighted by Gasteiger charge is -2.05. The number of hydrogen-bond donors (Lipinski definition) is 2. The molecule has 0 fully saturated rings. The molecule has 0 aliphatic rings. The molecule has 0 unspecified atom stereocenters. The van der Waals surface area contributed by atoms with Gasteiger partial charge >= 0.3 is 6.03 Å². The van der Waals surface area contributed by atoms with E-state index >= 15 is 0 Å². The third kappa shape index (κ3) is 4.97. The van der Waals surface area contributed by atoms with Gasteiger partial charge in [0.1, 0.15) is 0 Å². The van der Waals surface area contributed by atoms with Gasteiger partial charge < -0.3 is 10.6 Å². The standard InChI is InChI=1S/C15H11Cl3N2O/c16-11-3-1-2-10(8-11)6-7-19-15(21)20-12-4-5-13(17)14(18)9-12/h1-9H,(H2,19,20,21)/b7-6+. The Kier molecular flexibility index (Phi) is 5.51. The molecular weight excluding hydrogens is 331 g/mol. The lowest BCUT2D eigenvalue weighted by Crippen LogP contribution is -2.23. The Hall–Kier alpha value is -1.68. The Balaban J connectivity index is 1.91. The molecule has 2 rings (SSSR count). The van der Waals surface area contributed by atoms with Crippen molar-refractivity contribution in [2.45, 2.75) is 0 Å². The summed E-state index contributed by atoms with van der Waals surface area (Å²) in [6.45, 7) is 0. The third-order valence-electron chi connectivity index (χ3n) is 2.52. The highest BCUT2D eigenvalue weighted by molar-refractivity contribution is 6.42. The van der Waals surface area contributed by atoms with Crippen molar-refractivity contribution >= 4 is 52.6 Å². The lowest BCUT2D eigenvalue weighted by molar-refractivity contribution is 0.255. The van der Waals surface area contributed by atoms with E-state index in [-0.39, 0.29) is 6.03 Å². The number of carbonyl (C=O) groups excluding carboxylic acids is 1. The van der Waals surface area contributed by atoms with Gasteiger partial charge in [-0.05, 0) is 42.0 Å². The van der Waals surface area contributed by atoms with Crippen LogP contribution in [0.25, 0.3) is 6.08 Å². The molecule has 0 heterocycles. The zero-order chi connectivity index (χ0) is 15.2. The van der Waals surface area contributed by atoms with Gasteiger partial charge in [-0.25, -0.2) is 4.79 Å². The van der Waals surface area contributed by atoms with E-state index in [2.05, 4.69) is 10.6 Å². The number of amides is 2. The Bertz CT molecular complexity index is 686. The number of hydrogen-bond acceptors (Lipinski definition) is 1. The van der Waals surface area contributed by atoms with Crippen molar-refractivity contribution in [1.82, 2.24) is 5.32 Å². The number of nitrogens with one attached hydrogen (secondary N) is 2. The highest BCUT2D eigenvalue weighted by Gasteiger charge is 2.02. The first-order valence-corrected chi connectivity index (χ1v) is 7.13. The van der Waals surface area contributed by atoms with E-state index < -0.39 is 0 Å². The normalized spacial score (nSPS) is 10.6. The summed E-state index contributed by atoms with van der Waals surface area (Å²) in [7, 11) is 0. The highest BCUT2D eigenvalue weighted by Crippen LogP contribution is 2.24. The van der Waals surface area contributed by atoms with Crippen molar-refractivity contribution in [2.75, 3.05) is 5.32 Å². The molecule has 0 saturated carbocycles. The monoisotopic (exact) mass is 340 g/mol. The Morgan fingerprint density at radius 1 is 1.00 bits per heavy atom. The van der Waals surface area contributed by atoms with Gasteiger partial charge in [-0.1, -0.05) is 46.9 Å². The quantitative estimate of drug-likeness (QED) is 0.767.